The second-order valence-electron chi connectivity index (χ2n) is 4.32. The van der Waals surface area contributed by atoms with Crippen LogP contribution in [0, 0.1) is 6.92 Å². The predicted molar refractivity (Wildman–Crippen MR) is 71.7 cm³/mol. The van der Waals surface area contributed by atoms with Crippen LogP contribution < -0.4 is 5.32 Å². The van der Waals surface area contributed by atoms with Crippen LogP contribution in [0.2, 0.25) is 0 Å². The number of nitrogens with zero attached hydrogens (tertiary/aromatic N) is 1. The highest BCUT2D eigenvalue weighted by Gasteiger charge is 2.00. The Labute approximate surface area is 105 Å². The Morgan fingerprint density at radius 3 is 3.06 bits per heavy atom. The van der Waals surface area contributed by atoms with Gasteiger partial charge in [-0.1, -0.05) is 0 Å². The van der Waals surface area contributed by atoms with Gasteiger partial charge in [-0.15, -0.1) is 0 Å². The molecule has 0 aliphatic carbocycles. The molecule has 1 aromatic carbocycles. The minimum atomic E-state index is 0.854. The smallest absolute Gasteiger partial charge is 0.105 e. The number of fused-ring (bicyclic) bond motifs is 1. The normalized spacial score (nSPS) is 10.9. The number of nitrogens with one attached hydrogen (secondary N) is 2. The maximum atomic E-state index is 5.52. The van der Waals surface area contributed by atoms with Crippen LogP contribution in [-0.4, -0.2) is 16.5 Å². The molecule has 4 nitrogen and oxygen atoms in total. The number of imidazole rings is 1. The van der Waals surface area contributed by atoms with E-state index in [0.717, 1.165) is 41.2 Å². The van der Waals surface area contributed by atoms with E-state index >= 15 is 0 Å². The van der Waals surface area contributed by atoms with E-state index in [1.807, 2.05) is 31.2 Å². The van der Waals surface area contributed by atoms with Crippen molar-refractivity contribution in [1.82, 2.24) is 9.97 Å². The van der Waals surface area contributed by atoms with Crippen LogP contribution in [0.3, 0.4) is 0 Å². The molecule has 0 radical (unpaired) electrons. The largest absolute Gasteiger partial charge is 0.466 e. The molecule has 0 spiro atoms. The number of furan rings is 1. The lowest BCUT2D eigenvalue weighted by Gasteiger charge is -2.04. The van der Waals surface area contributed by atoms with Gasteiger partial charge in [-0.2, -0.15) is 0 Å². The molecule has 3 rings (SSSR count). The molecule has 0 aliphatic heterocycles. The standard InChI is InChI=1S/C14H15N3O/c1-10-2-4-12(18-10)6-7-15-11-3-5-13-14(8-11)17-9-16-13/h2-5,8-9,15H,6-7H2,1H3,(H,16,17). The highest BCUT2D eigenvalue weighted by atomic mass is 16.3. The minimum absolute atomic E-state index is 0.854. The number of aromatic amines is 1. The fraction of sp³-hybridized carbons (Fsp3) is 0.214. The summed E-state index contributed by atoms with van der Waals surface area (Å²) >= 11 is 0. The van der Waals surface area contributed by atoms with Crippen molar-refractivity contribution in [2.75, 3.05) is 11.9 Å². The van der Waals surface area contributed by atoms with Crippen LogP contribution in [0.4, 0.5) is 5.69 Å². The number of hydrogen-bond acceptors (Lipinski definition) is 3. The van der Waals surface area contributed by atoms with Crippen LogP contribution in [0.5, 0.6) is 0 Å². The molecule has 0 unspecified atom stereocenters. The van der Waals surface area contributed by atoms with E-state index in [2.05, 4.69) is 21.4 Å². The van der Waals surface area contributed by atoms with Crippen molar-refractivity contribution in [2.45, 2.75) is 13.3 Å². The Balaban J connectivity index is 1.62. The number of anilines is 1. The van der Waals surface area contributed by atoms with Crippen molar-refractivity contribution in [3.63, 3.8) is 0 Å². The van der Waals surface area contributed by atoms with Gasteiger partial charge in [0.1, 0.15) is 11.5 Å². The molecule has 4 heteroatoms. The molecule has 0 saturated carbocycles. The van der Waals surface area contributed by atoms with Crippen molar-refractivity contribution in [3.8, 4) is 0 Å². The molecule has 2 heterocycles. The zero-order chi connectivity index (χ0) is 12.4. The molecule has 2 N–H and O–H groups in total. The van der Waals surface area contributed by atoms with Crippen molar-refractivity contribution in [3.05, 3.63) is 48.2 Å². The molecule has 0 atom stereocenters. The summed E-state index contributed by atoms with van der Waals surface area (Å²) in [4.78, 5) is 7.29. The van der Waals surface area contributed by atoms with Crippen LogP contribution in [-0.2, 0) is 6.42 Å². The number of rotatable bonds is 4. The van der Waals surface area contributed by atoms with Gasteiger partial charge in [0.15, 0.2) is 0 Å². The molecule has 0 aliphatic rings. The average Bonchev–Trinajstić information content (AvgIpc) is 2.97. The number of aromatic nitrogens is 2. The van der Waals surface area contributed by atoms with E-state index in [1.165, 1.54) is 0 Å². The van der Waals surface area contributed by atoms with E-state index in [9.17, 15) is 0 Å². The fourth-order valence-corrected chi connectivity index (χ4v) is 2.00. The molecule has 2 aromatic heterocycles. The summed E-state index contributed by atoms with van der Waals surface area (Å²) in [6, 6.07) is 10.1. The molecule has 0 bridgehead atoms. The Morgan fingerprint density at radius 2 is 2.22 bits per heavy atom. The fourth-order valence-electron chi connectivity index (χ4n) is 2.00. The first-order chi connectivity index (χ1) is 8.81. The Bertz CT molecular complexity index is 654. The van der Waals surface area contributed by atoms with Crippen molar-refractivity contribution < 1.29 is 4.42 Å². The van der Waals surface area contributed by atoms with Gasteiger partial charge >= 0.3 is 0 Å². The number of H-pyrrole nitrogens is 1. The van der Waals surface area contributed by atoms with Gasteiger partial charge in [-0.25, -0.2) is 4.98 Å². The lowest BCUT2D eigenvalue weighted by atomic mass is 10.2. The SMILES string of the molecule is Cc1ccc(CCNc2ccc3nc[nH]c3c2)o1. The second kappa shape index (κ2) is 4.56. The Hall–Kier alpha value is -2.23. The number of hydrogen-bond donors (Lipinski definition) is 2. The van der Waals surface area contributed by atoms with E-state index < -0.39 is 0 Å². The zero-order valence-corrected chi connectivity index (χ0v) is 10.2. The number of aryl methyl sites for hydroxylation is 1. The molecule has 92 valence electrons. The third-order valence-corrected chi connectivity index (χ3v) is 2.92. The van der Waals surface area contributed by atoms with Crippen molar-refractivity contribution >= 4 is 16.7 Å². The summed E-state index contributed by atoms with van der Waals surface area (Å²) in [5.74, 6) is 1.98. The van der Waals surface area contributed by atoms with Gasteiger partial charge in [-0.3, -0.25) is 0 Å². The van der Waals surface area contributed by atoms with Gasteiger partial charge in [-0.05, 0) is 37.3 Å². The molecular formula is C14H15N3O. The maximum Gasteiger partial charge on any atom is 0.105 e. The minimum Gasteiger partial charge on any atom is -0.466 e. The Morgan fingerprint density at radius 1 is 1.28 bits per heavy atom. The van der Waals surface area contributed by atoms with E-state index in [-0.39, 0.29) is 0 Å². The molecule has 0 saturated heterocycles. The summed E-state index contributed by atoms with van der Waals surface area (Å²) in [6.07, 6.45) is 2.59. The van der Waals surface area contributed by atoms with E-state index in [4.69, 9.17) is 4.42 Å². The monoisotopic (exact) mass is 241 g/mol. The van der Waals surface area contributed by atoms with Crippen LogP contribution in [0.25, 0.3) is 11.0 Å². The number of benzene rings is 1. The zero-order valence-electron chi connectivity index (χ0n) is 10.2. The first-order valence-electron chi connectivity index (χ1n) is 6.03. The van der Waals surface area contributed by atoms with Crippen molar-refractivity contribution in [1.29, 1.82) is 0 Å². The molecule has 0 fully saturated rings. The highest BCUT2D eigenvalue weighted by molar-refractivity contribution is 5.78. The summed E-state index contributed by atoms with van der Waals surface area (Å²) in [5.41, 5.74) is 3.13. The van der Waals surface area contributed by atoms with Crippen LogP contribution >= 0.6 is 0 Å². The topological polar surface area (TPSA) is 53.9 Å². The van der Waals surface area contributed by atoms with Gasteiger partial charge in [0.25, 0.3) is 0 Å². The maximum absolute atomic E-state index is 5.52. The van der Waals surface area contributed by atoms with Gasteiger partial charge in [0.05, 0.1) is 17.4 Å². The average molecular weight is 241 g/mol. The van der Waals surface area contributed by atoms with Crippen LogP contribution in [0.1, 0.15) is 11.5 Å². The molecular weight excluding hydrogens is 226 g/mol. The highest BCUT2D eigenvalue weighted by Crippen LogP contribution is 2.15. The second-order valence-corrected chi connectivity index (χ2v) is 4.32. The molecule has 0 amide bonds. The quantitative estimate of drug-likeness (QED) is 0.738. The van der Waals surface area contributed by atoms with Gasteiger partial charge in [0, 0.05) is 18.7 Å². The Kier molecular flexibility index (Phi) is 2.76. The summed E-state index contributed by atoms with van der Waals surface area (Å²) in [6.45, 7) is 2.82. The van der Waals surface area contributed by atoms with Gasteiger partial charge < -0.3 is 14.7 Å². The summed E-state index contributed by atoms with van der Waals surface area (Å²) in [5, 5.41) is 3.38. The molecule has 3 aromatic rings. The summed E-state index contributed by atoms with van der Waals surface area (Å²) < 4.78 is 5.52. The van der Waals surface area contributed by atoms with Crippen LogP contribution in [0.15, 0.2) is 41.1 Å². The van der Waals surface area contributed by atoms with Crippen molar-refractivity contribution in [2.24, 2.45) is 0 Å². The predicted octanol–water partition coefficient (Wildman–Crippen LogP) is 3.12. The lowest BCUT2D eigenvalue weighted by molar-refractivity contribution is 0.486. The molecule has 18 heavy (non-hydrogen) atoms. The summed E-state index contributed by atoms with van der Waals surface area (Å²) in [7, 11) is 0. The third-order valence-electron chi connectivity index (χ3n) is 2.92. The first kappa shape index (κ1) is 10.9. The third kappa shape index (κ3) is 2.22. The first-order valence-corrected chi connectivity index (χ1v) is 6.03. The van der Waals surface area contributed by atoms with E-state index in [1.54, 1.807) is 6.33 Å². The lowest BCUT2D eigenvalue weighted by Crippen LogP contribution is -2.03. The van der Waals surface area contributed by atoms with E-state index in [0.29, 0.717) is 0 Å². The van der Waals surface area contributed by atoms with Gasteiger partial charge in [0.2, 0.25) is 0 Å².